The van der Waals surface area contributed by atoms with Crippen LogP contribution in [0.2, 0.25) is 0 Å². The quantitative estimate of drug-likeness (QED) is 0.303. The summed E-state index contributed by atoms with van der Waals surface area (Å²) < 4.78 is 30.1. The summed E-state index contributed by atoms with van der Waals surface area (Å²) in [7, 11) is -3.76. The Hall–Kier alpha value is -1.77. The number of phosphoric acid groups is 1. The lowest BCUT2D eigenvalue weighted by Gasteiger charge is -2.19. The molecule has 0 saturated carbocycles. The van der Waals surface area contributed by atoms with Crippen molar-refractivity contribution >= 4 is 7.82 Å². The Kier molecular flexibility index (Phi) is 8.40. The largest absolute Gasteiger partial charge is 0.587 e. The molecule has 0 spiro atoms. The molecule has 2 aromatic carbocycles. The van der Waals surface area contributed by atoms with Crippen molar-refractivity contribution in [1.82, 2.24) is 0 Å². The molecule has 0 aliphatic heterocycles. The number of hydrogen-bond acceptors (Lipinski definition) is 4. The van der Waals surface area contributed by atoms with Gasteiger partial charge in [0.05, 0.1) is 6.61 Å². The van der Waals surface area contributed by atoms with Gasteiger partial charge in [-0.05, 0) is 50.5 Å². The summed E-state index contributed by atoms with van der Waals surface area (Å²) in [5.41, 5.74) is 2.20. The first-order valence-electron chi connectivity index (χ1n) is 9.63. The predicted octanol–water partition coefficient (Wildman–Crippen LogP) is 7.10. The standard InChI is InChI=1S/C22H31O4P/c1-18(2)8-6-5-7-17-24-27(23,25-21-13-9-19(3)10-14-21)26-22-15-11-20(4)12-16-22/h9-16,18H,5-8,17H2,1-4H3. The van der Waals surface area contributed by atoms with E-state index in [1.165, 1.54) is 6.42 Å². The Labute approximate surface area is 163 Å². The molecule has 0 unspecified atom stereocenters. The Balaban J connectivity index is 1.99. The fourth-order valence-electron chi connectivity index (χ4n) is 2.54. The van der Waals surface area contributed by atoms with Gasteiger partial charge in [-0.3, -0.25) is 4.52 Å². The van der Waals surface area contributed by atoms with Gasteiger partial charge in [0, 0.05) is 0 Å². The van der Waals surface area contributed by atoms with E-state index in [2.05, 4.69) is 13.8 Å². The van der Waals surface area contributed by atoms with Crippen LogP contribution in [0.5, 0.6) is 11.5 Å². The van der Waals surface area contributed by atoms with Crippen molar-refractivity contribution < 1.29 is 18.1 Å². The van der Waals surface area contributed by atoms with E-state index in [0.29, 0.717) is 24.0 Å². The Morgan fingerprint density at radius 1 is 0.778 bits per heavy atom. The second-order valence-corrected chi connectivity index (χ2v) is 8.85. The molecule has 2 rings (SSSR count). The summed E-state index contributed by atoms with van der Waals surface area (Å²) in [6.07, 6.45) is 4.19. The highest BCUT2D eigenvalue weighted by molar-refractivity contribution is 7.49. The summed E-state index contributed by atoms with van der Waals surface area (Å²) in [4.78, 5) is 0. The molecule has 4 nitrogen and oxygen atoms in total. The van der Waals surface area contributed by atoms with E-state index in [1.807, 2.05) is 38.1 Å². The number of phosphoric ester groups is 1. The van der Waals surface area contributed by atoms with Crippen molar-refractivity contribution in [2.45, 2.75) is 53.4 Å². The van der Waals surface area contributed by atoms with Gasteiger partial charge < -0.3 is 9.05 Å². The van der Waals surface area contributed by atoms with Crippen LogP contribution < -0.4 is 9.05 Å². The van der Waals surface area contributed by atoms with Crippen molar-refractivity contribution in [3.05, 3.63) is 59.7 Å². The fraction of sp³-hybridized carbons (Fsp3) is 0.455. The maximum absolute atomic E-state index is 13.2. The van der Waals surface area contributed by atoms with Crippen molar-refractivity contribution in [1.29, 1.82) is 0 Å². The molecule has 148 valence electrons. The lowest BCUT2D eigenvalue weighted by molar-refractivity contribution is 0.205. The zero-order chi connectivity index (χ0) is 19.7. The lowest BCUT2D eigenvalue weighted by atomic mass is 10.1. The second kappa shape index (κ2) is 10.5. The van der Waals surface area contributed by atoms with E-state index < -0.39 is 7.82 Å². The van der Waals surface area contributed by atoms with E-state index in [9.17, 15) is 4.57 Å². The maximum atomic E-state index is 13.2. The molecular formula is C22H31O4P. The Morgan fingerprint density at radius 2 is 1.26 bits per heavy atom. The zero-order valence-electron chi connectivity index (χ0n) is 16.8. The molecule has 0 atom stereocenters. The molecule has 27 heavy (non-hydrogen) atoms. The molecule has 0 heterocycles. The smallest absolute Gasteiger partial charge is 0.395 e. The molecule has 0 bridgehead atoms. The van der Waals surface area contributed by atoms with Gasteiger partial charge in [0.15, 0.2) is 0 Å². The molecule has 5 heteroatoms. The molecule has 0 aliphatic carbocycles. The molecule has 0 N–H and O–H groups in total. The van der Waals surface area contributed by atoms with E-state index >= 15 is 0 Å². The van der Waals surface area contributed by atoms with Gasteiger partial charge in [-0.25, -0.2) is 4.57 Å². The summed E-state index contributed by atoms with van der Waals surface area (Å²) in [6.45, 7) is 8.75. The molecular weight excluding hydrogens is 359 g/mol. The number of rotatable bonds is 11. The van der Waals surface area contributed by atoms with Crippen LogP contribution in [-0.4, -0.2) is 6.61 Å². The van der Waals surface area contributed by atoms with Crippen molar-refractivity contribution in [3.8, 4) is 11.5 Å². The number of aryl methyl sites for hydroxylation is 2. The SMILES string of the molecule is Cc1ccc(OP(=O)(OCCCCCC(C)C)Oc2ccc(C)cc2)cc1. The highest BCUT2D eigenvalue weighted by Crippen LogP contribution is 2.49. The summed E-state index contributed by atoms with van der Waals surface area (Å²) >= 11 is 0. The van der Waals surface area contributed by atoms with Crippen LogP contribution in [0.3, 0.4) is 0 Å². The monoisotopic (exact) mass is 390 g/mol. The number of benzene rings is 2. The van der Waals surface area contributed by atoms with E-state index in [-0.39, 0.29) is 0 Å². The van der Waals surface area contributed by atoms with Crippen LogP contribution in [-0.2, 0) is 9.09 Å². The number of unbranched alkanes of at least 4 members (excludes halogenated alkanes) is 2. The Bertz CT molecular complexity index is 671. The molecule has 0 saturated heterocycles. The van der Waals surface area contributed by atoms with Crippen molar-refractivity contribution in [2.24, 2.45) is 5.92 Å². The Morgan fingerprint density at radius 3 is 1.70 bits per heavy atom. The van der Waals surface area contributed by atoms with E-state index in [1.54, 1.807) is 24.3 Å². The predicted molar refractivity (Wildman–Crippen MR) is 110 cm³/mol. The second-order valence-electron chi connectivity index (χ2n) is 7.33. The minimum atomic E-state index is -3.76. The van der Waals surface area contributed by atoms with Crippen LogP contribution >= 0.6 is 7.82 Å². The van der Waals surface area contributed by atoms with Crippen LogP contribution in [0.25, 0.3) is 0 Å². The van der Waals surface area contributed by atoms with Gasteiger partial charge in [-0.2, -0.15) is 0 Å². The van der Waals surface area contributed by atoms with Gasteiger partial charge in [0.25, 0.3) is 0 Å². The van der Waals surface area contributed by atoms with Gasteiger partial charge in [-0.1, -0.05) is 68.5 Å². The van der Waals surface area contributed by atoms with Crippen molar-refractivity contribution in [3.63, 3.8) is 0 Å². The first kappa shape index (κ1) is 21.5. The van der Waals surface area contributed by atoms with Gasteiger partial charge in [0.1, 0.15) is 11.5 Å². The van der Waals surface area contributed by atoms with Crippen molar-refractivity contribution in [2.75, 3.05) is 6.61 Å². The highest BCUT2D eigenvalue weighted by Gasteiger charge is 2.30. The maximum Gasteiger partial charge on any atom is 0.587 e. The third kappa shape index (κ3) is 8.19. The van der Waals surface area contributed by atoms with Crippen LogP contribution in [0.4, 0.5) is 0 Å². The van der Waals surface area contributed by atoms with Gasteiger partial charge >= 0.3 is 7.82 Å². The van der Waals surface area contributed by atoms with Crippen LogP contribution in [0.15, 0.2) is 48.5 Å². The van der Waals surface area contributed by atoms with Crippen LogP contribution in [0, 0.1) is 19.8 Å². The first-order chi connectivity index (χ1) is 12.9. The van der Waals surface area contributed by atoms with E-state index in [0.717, 1.165) is 30.4 Å². The van der Waals surface area contributed by atoms with Crippen LogP contribution in [0.1, 0.15) is 50.7 Å². The molecule has 0 radical (unpaired) electrons. The van der Waals surface area contributed by atoms with Gasteiger partial charge in [-0.15, -0.1) is 0 Å². The minimum absolute atomic E-state index is 0.340. The average molecular weight is 390 g/mol. The van der Waals surface area contributed by atoms with Gasteiger partial charge in [0.2, 0.25) is 0 Å². The summed E-state index contributed by atoms with van der Waals surface area (Å²) in [6, 6.07) is 14.7. The molecule has 0 fully saturated rings. The molecule has 0 aromatic heterocycles. The third-order valence-electron chi connectivity index (χ3n) is 4.15. The minimum Gasteiger partial charge on any atom is -0.395 e. The molecule has 0 aliphatic rings. The zero-order valence-corrected chi connectivity index (χ0v) is 17.7. The first-order valence-corrected chi connectivity index (χ1v) is 11.1. The molecule has 2 aromatic rings. The molecule has 0 amide bonds. The fourth-order valence-corrected chi connectivity index (χ4v) is 3.79. The highest BCUT2D eigenvalue weighted by atomic mass is 31.2. The summed E-state index contributed by atoms with van der Waals surface area (Å²) in [5.74, 6) is 1.64. The lowest BCUT2D eigenvalue weighted by Crippen LogP contribution is -2.06. The third-order valence-corrected chi connectivity index (χ3v) is 5.52. The van der Waals surface area contributed by atoms with E-state index in [4.69, 9.17) is 13.6 Å². The number of hydrogen-bond donors (Lipinski definition) is 0. The summed E-state index contributed by atoms with van der Waals surface area (Å²) in [5, 5.41) is 0. The topological polar surface area (TPSA) is 44.8 Å². The average Bonchev–Trinajstić information content (AvgIpc) is 2.62. The normalized spacial score (nSPS) is 11.6.